The second kappa shape index (κ2) is 12.0. The van der Waals surface area contributed by atoms with Gasteiger partial charge in [0.05, 0.1) is 12.6 Å². The molecular formula is C30H39N3O4. The second-order valence-electron chi connectivity index (χ2n) is 10.7. The number of rotatable bonds is 8. The van der Waals surface area contributed by atoms with E-state index in [1.54, 1.807) is 13.3 Å². The number of aliphatic hydroxyl groups excluding tert-OH is 1. The fourth-order valence-electron chi connectivity index (χ4n) is 4.95. The van der Waals surface area contributed by atoms with Gasteiger partial charge in [-0.25, -0.2) is 0 Å². The van der Waals surface area contributed by atoms with Crippen molar-refractivity contribution in [3.8, 4) is 5.75 Å². The summed E-state index contributed by atoms with van der Waals surface area (Å²) in [6.45, 7) is 8.49. The van der Waals surface area contributed by atoms with Crippen LogP contribution in [0.1, 0.15) is 38.3 Å². The molecule has 0 saturated carbocycles. The van der Waals surface area contributed by atoms with Crippen molar-refractivity contribution in [1.29, 1.82) is 0 Å². The van der Waals surface area contributed by atoms with Gasteiger partial charge in [0.15, 0.2) is 0 Å². The number of aromatic nitrogens is 1. The van der Waals surface area contributed by atoms with Gasteiger partial charge in [-0.2, -0.15) is 0 Å². The number of aliphatic hydroxyl groups is 1. The zero-order valence-corrected chi connectivity index (χ0v) is 22.4. The van der Waals surface area contributed by atoms with E-state index in [1.165, 1.54) is 5.56 Å². The first-order valence-electron chi connectivity index (χ1n) is 13.1. The lowest BCUT2D eigenvalue weighted by molar-refractivity contribution is -0.166. The first kappa shape index (κ1) is 27.0. The van der Waals surface area contributed by atoms with Crippen molar-refractivity contribution in [3.63, 3.8) is 0 Å². The molecule has 0 radical (unpaired) electrons. The Morgan fingerprint density at radius 3 is 2.65 bits per heavy atom. The number of carbonyl (C=O) groups is 1. The van der Waals surface area contributed by atoms with Gasteiger partial charge in [-0.1, -0.05) is 30.3 Å². The van der Waals surface area contributed by atoms with Gasteiger partial charge in [-0.05, 0) is 75.5 Å². The predicted molar refractivity (Wildman–Crippen MR) is 146 cm³/mol. The van der Waals surface area contributed by atoms with Gasteiger partial charge in [0, 0.05) is 37.6 Å². The van der Waals surface area contributed by atoms with Gasteiger partial charge in [-0.3, -0.25) is 14.7 Å². The quantitative estimate of drug-likeness (QED) is 0.463. The van der Waals surface area contributed by atoms with Crippen LogP contribution >= 0.6 is 0 Å². The summed E-state index contributed by atoms with van der Waals surface area (Å²) in [5, 5.41) is 12.4. The van der Waals surface area contributed by atoms with Gasteiger partial charge < -0.3 is 19.5 Å². The summed E-state index contributed by atoms with van der Waals surface area (Å²) in [6, 6.07) is 17.5. The standard InChI is InChI=1S/C30H39N3O4/c1-30(2,3)37-29(35)27-21-32(18-14-22-9-6-5-7-10-22)16-8-17-33(27)28(34)19-23-13-15-31-26-12-11-24(36-4)20-25(23)26/h5-7,9-13,15,20,27-28,34H,8,14,16-19,21H2,1-4H3. The van der Waals surface area contributed by atoms with E-state index in [2.05, 4.69) is 34.1 Å². The van der Waals surface area contributed by atoms with Crippen LogP contribution in [0.15, 0.2) is 60.8 Å². The maximum atomic E-state index is 13.4. The zero-order chi connectivity index (χ0) is 26.4. The molecule has 1 saturated heterocycles. The Balaban J connectivity index is 1.55. The lowest BCUT2D eigenvalue weighted by Gasteiger charge is -2.35. The molecule has 1 fully saturated rings. The van der Waals surface area contributed by atoms with E-state index in [0.29, 0.717) is 19.5 Å². The van der Waals surface area contributed by atoms with Crippen LogP contribution in [0.2, 0.25) is 0 Å². The molecule has 1 aliphatic rings. The predicted octanol–water partition coefficient (Wildman–Crippen LogP) is 4.07. The molecule has 1 aliphatic heterocycles. The van der Waals surface area contributed by atoms with Gasteiger partial charge >= 0.3 is 5.97 Å². The Kier molecular flexibility index (Phi) is 8.79. The topological polar surface area (TPSA) is 75.1 Å². The number of pyridine rings is 1. The number of benzene rings is 2. The molecule has 0 amide bonds. The van der Waals surface area contributed by atoms with Crippen molar-refractivity contribution >= 4 is 16.9 Å². The normalized spacial score (nSPS) is 18.4. The minimum atomic E-state index is -0.844. The highest BCUT2D eigenvalue weighted by Crippen LogP contribution is 2.25. The van der Waals surface area contributed by atoms with Crippen LogP contribution in [0.25, 0.3) is 10.9 Å². The monoisotopic (exact) mass is 505 g/mol. The number of nitrogens with zero attached hydrogens (tertiary/aromatic N) is 3. The third-order valence-corrected chi connectivity index (χ3v) is 6.78. The Hall–Kier alpha value is -3.00. The van der Waals surface area contributed by atoms with Crippen molar-refractivity contribution in [2.24, 2.45) is 0 Å². The molecule has 4 rings (SSSR count). The second-order valence-corrected chi connectivity index (χ2v) is 10.7. The molecule has 2 atom stereocenters. The van der Waals surface area contributed by atoms with Crippen molar-refractivity contribution in [1.82, 2.24) is 14.8 Å². The summed E-state index contributed by atoms with van der Waals surface area (Å²) >= 11 is 0. The summed E-state index contributed by atoms with van der Waals surface area (Å²) in [4.78, 5) is 22.1. The number of carbonyl (C=O) groups excluding carboxylic acids is 1. The Labute approximate surface area is 220 Å². The fraction of sp³-hybridized carbons (Fsp3) is 0.467. The van der Waals surface area contributed by atoms with Crippen LogP contribution in [-0.4, -0.2) is 77.0 Å². The lowest BCUT2D eigenvalue weighted by Crippen LogP contribution is -2.53. The van der Waals surface area contributed by atoms with Gasteiger partial charge in [0.2, 0.25) is 0 Å². The van der Waals surface area contributed by atoms with E-state index in [9.17, 15) is 9.90 Å². The van der Waals surface area contributed by atoms with Crippen LogP contribution in [0.3, 0.4) is 0 Å². The molecule has 2 heterocycles. The Morgan fingerprint density at radius 1 is 1.14 bits per heavy atom. The summed E-state index contributed by atoms with van der Waals surface area (Å²) in [5.74, 6) is 0.450. The summed E-state index contributed by atoms with van der Waals surface area (Å²) in [5.41, 5.74) is 2.48. The van der Waals surface area contributed by atoms with E-state index in [-0.39, 0.29) is 5.97 Å². The first-order valence-corrected chi connectivity index (χ1v) is 13.1. The maximum Gasteiger partial charge on any atom is 0.325 e. The van der Waals surface area contributed by atoms with E-state index < -0.39 is 17.9 Å². The van der Waals surface area contributed by atoms with Gasteiger partial charge in [0.25, 0.3) is 0 Å². The molecular weight excluding hydrogens is 466 g/mol. The summed E-state index contributed by atoms with van der Waals surface area (Å²) in [6.07, 6.45) is 3.06. The number of fused-ring (bicyclic) bond motifs is 1. The van der Waals surface area contributed by atoms with Gasteiger partial charge in [0.1, 0.15) is 23.6 Å². The van der Waals surface area contributed by atoms with Crippen molar-refractivity contribution in [2.75, 3.05) is 33.3 Å². The van der Waals surface area contributed by atoms with Crippen LogP contribution in [0.5, 0.6) is 5.75 Å². The number of hydrogen-bond donors (Lipinski definition) is 1. The highest BCUT2D eigenvalue weighted by molar-refractivity contribution is 5.83. The summed E-state index contributed by atoms with van der Waals surface area (Å²) < 4.78 is 11.2. The number of esters is 1. The fourth-order valence-corrected chi connectivity index (χ4v) is 4.95. The molecule has 7 nitrogen and oxygen atoms in total. The Bertz CT molecular complexity index is 1180. The van der Waals surface area contributed by atoms with Crippen molar-refractivity contribution < 1.29 is 19.4 Å². The first-order chi connectivity index (χ1) is 17.7. The minimum Gasteiger partial charge on any atom is -0.497 e. The van der Waals surface area contributed by atoms with Crippen molar-refractivity contribution in [3.05, 3.63) is 71.9 Å². The van der Waals surface area contributed by atoms with Crippen LogP contribution < -0.4 is 4.74 Å². The minimum absolute atomic E-state index is 0.292. The molecule has 198 valence electrons. The van der Waals surface area contributed by atoms with E-state index >= 15 is 0 Å². The largest absolute Gasteiger partial charge is 0.497 e. The molecule has 3 aromatic rings. The number of ether oxygens (including phenoxy) is 2. The third kappa shape index (κ3) is 7.28. The molecule has 1 N–H and O–H groups in total. The highest BCUT2D eigenvalue weighted by Gasteiger charge is 2.37. The molecule has 0 spiro atoms. The molecule has 2 unspecified atom stereocenters. The molecule has 1 aromatic heterocycles. The molecule has 0 aliphatic carbocycles. The average Bonchev–Trinajstić information content (AvgIpc) is 3.10. The SMILES string of the molecule is COc1ccc2nccc(CC(O)N3CCCN(CCc4ccccc4)CC3C(=O)OC(C)(C)C)c2c1. The molecule has 0 bridgehead atoms. The maximum absolute atomic E-state index is 13.4. The lowest BCUT2D eigenvalue weighted by atomic mass is 10.0. The highest BCUT2D eigenvalue weighted by atomic mass is 16.6. The molecule has 2 aromatic carbocycles. The number of hydrogen-bond acceptors (Lipinski definition) is 7. The van der Waals surface area contributed by atoms with Crippen molar-refractivity contribution in [2.45, 2.75) is 57.9 Å². The number of methoxy groups -OCH3 is 1. The molecule has 37 heavy (non-hydrogen) atoms. The van der Waals surface area contributed by atoms with E-state index in [4.69, 9.17) is 9.47 Å². The van der Waals surface area contributed by atoms with Crippen LogP contribution in [-0.2, 0) is 22.4 Å². The summed E-state index contributed by atoms with van der Waals surface area (Å²) in [7, 11) is 1.64. The third-order valence-electron chi connectivity index (χ3n) is 6.78. The Morgan fingerprint density at radius 2 is 1.92 bits per heavy atom. The van der Waals surface area contributed by atoms with E-state index in [0.717, 1.165) is 48.1 Å². The van der Waals surface area contributed by atoms with E-state index in [1.807, 2.05) is 56.0 Å². The smallest absolute Gasteiger partial charge is 0.325 e. The van der Waals surface area contributed by atoms with Crippen LogP contribution in [0.4, 0.5) is 0 Å². The molecule has 7 heteroatoms. The van der Waals surface area contributed by atoms with Gasteiger partial charge in [-0.15, -0.1) is 0 Å². The van der Waals surface area contributed by atoms with Crippen LogP contribution in [0, 0.1) is 0 Å². The zero-order valence-electron chi connectivity index (χ0n) is 22.4. The average molecular weight is 506 g/mol.